The van der Waals surface area contributed by atoms with Gasteiger partial charge < -0.3 is 9.64 Å². The van der Waals surface area contributed by atoms with Gasteiger partial charge in [-0.1, -0.05) is 48.6 Å². The third kappa shape index (κ3) is 5.95. The summed E-state index contributed by atoms with van der Waals surface area (Å²) < 4.78 is 5.55. The Balaban J connectivity index is 1.70. The summed E-state index contributed by atoms with van der Waals surface area (Å²) in [5, 5.41) is 0. The highest BCUT2D eigenvalue weighted by molar-refractivity contribution is 5.80. The number of hydrogen-bond donors (Lipinski definition) is 0. The Morgan fingerprint density at radius 3 is 2.62 bits per heavy atom. The van der Waals surface area contributed by atoms with Gasteiger partial charge in [0.15, 0.2) is 0 Å². The highest BCUT2D eigenvalue weighted by atomic mass is 16.5. The SMILES string of the molecule is C=CCCOC(C)C(=O)N1CCN(C/C=C/c2ccccc2)CC1. The average Bonchev–Trinajstić information content (AvgIpc) is 2.63. The van der Waals surface area contributed by atoms with E-state index in [9.17, 15) is 4.79 Å². The second-order valence-corrected chi connectivity index (χ2v) is 6.03. The minimum atomic E-state index is -0.366. The molecule has 1 unspecified atom stereocenters. The van der Waals surface area contributed by atoms with E-state index < -0.39 is 0 Å². The molecule has 1 amide bonds. The van der Waals surface area contributed by atoms with E-state index in [2.05, 4.69) is 35.8 Å². The number of hydrogen-bond acceptors (Lipinski definition) is 3. The van der Waals surface area contributed by atoms with Crippen LogP contribution in [-0.2, 0) is 9.53 Å². The molecular formula is C20H28N2O2. The van der Waals surface area contributed by atoms with E-state index in [0.29, 0.717) is 6.61 Å². The van der Waals surface area contributed by atoms with Gasteiger partial charge in [-0.25, -0.2) is 0 Å². The van der Waals surface area contributed by atoms with Crippen LogP contribution in [-0.4, -0.2) is 61.1 Å². The second-order valence-electron chi connectivity index (χ2n) is 6.03. The zero-order chi connectivity index (χ0) is 17.2. The first kappa shape index (κ1) is 18.4. The quantitative estimate of drug-likeness (QED) is 0.543. The molecule has 0 bridgehead atoms. The average molecular weight is 328 g/mol. The van der Waals surface area contributed by atoms with Crippen LogP contribution in [0.3, 0.4) is 0 Å². The molecule has 0 aromatic heterocycles. The standard InChI is InChI=1S/C20H28N2O2/c1-3-4-17-24-18(2)20(23)22-15-13-21(14-16-22)12-8-11-19-9-6-5-7-10-19/h3,5-11,18H,1,4,12-17H2,2H3/b11-8+. The van der Waals surface area contributed by atoms with Crippen molar-refractivity contribution in [1.29, 1.82) is 0 Å². The number of carbonyl (C=O) groups is 1. The lowest BCUT2D eigenvalue weighted by Crippen LogP contribution is -2.51. The molecule has 0 saturated carbocycles. The minimum Gasteiger partial charge on any atom is -0.368 e. The second kappa shape index (κ2) is 10.1. The number of nitrogens with zero attached hydrogens (tertiary/aromatic N) is 2. The third-order valence-corrected chi connectivity index (χ3v) is 4.20. The van der Waals surface area contributed by atoms with E-state index in [1.165, 1.54) is 5.56 Å². The van der Waals surface area contributed by atoms with Gasteiger partial charge in [0.2, 0.25) is 0 Å². The molecule has 0 spiro atoms. The highest BCUT2D eigenvalue weighted by Gasteiger charge is 2.24. The molecule has 4 nitrogen and oxygen atoms in total. The molecule has 1 aliphatic heterocycles. The summed E-state index contributed by atoms with van der Waals surface area (Å²) in [5.41, 5.74) is 1.22. The van der Waals surface area contributed by atoms with Crippen molar-refractivity contribution in [2.24, 2.45) is 0 Å². The molecule has 1 atom stereocenters. The van der Waals surface area contributed by atoms with E-state index in [4.69, 9.17) is 4.74 Å². The summed E-state index contributed by atoms with van der Waals surface area (Å²) >= 11 is 0. The van der Waals surface area contributed by atoms with E-state index in [1.54, 1.807) is 6.08 Å². The summed E-state index contributed by atoms with van der Waals surface area (Å²) in [5.74, 6) is 0.0959. The maximum Gasteiger partial charge on any atom is 0.251 e. The summed E-state index contributed by atoms with van der Waals surface area (Å²) in [6.07, 6.45) is 6.55. The Bertz CT molecular complexity index is 534. The Labute approximate surface area is 145 Å². The fourth-order valence-corrected chi connectivity index (χ4v) is 2.71. The van der Waals surface area contributed by atoms with Crippen LogP contribution in [0.5, 0.6) is 0 Å². The summed E-state index contributed by atoms with van der Waals surface area (Å²) in [6, 6.07) is 10.3. The van der Waals surface area contributed by atoms with Crippen LogP contribution in [0.2, 0.25) is 0 Å². The van der Waals surface area contributed by atoms with Crippen LogP contribution in [0.25, 0.3) is 6.08 Å². The van der Waals surface area contributed by atoms with Gasteiger partial charge in [-0.05, 0) is 18.9 Å². The van der Waals surface area contributed by atoms with Crippen molar-refractivity contribution >= 4 is 12.0 Å². The number of amides is 1. The molecule has 0 aliphatic carbocycles. The molecule has 1 aromatic carbocycles. The third-order valence-electron chi connectivity index (χ3n) is 4.20. The zero-order valence-electron chi connectivity index (χ0n) is 14.6. The van der Waals surface area contributed by atoms with Crippen LogP contribution in [0, 0.1) is 0 Å². The molecule has 1 aliphatic rings. The topological polar surface area (TPSA) is 32.8 Å². The van der Waals surface area contributed by atoms with E-state index in [-0.39, 0.29) is 12.0 Å². The van der Waals surface area contributed by atoms with Crippen molar-refractivity contribution in [2.45, 2.75) is 19.4 Å². The normalized spacial score (nSPS) is 17.1. The lowest BCUT2D eigenvalue weighted by atomic mass is 10.2. The summed E-state index contributed by atoms with van der Waals surface area (Å²) in [6.45, 7) is 10.3. The minimum absolute atomic E-state index is 0.0959. The van der Waals surface area contributed by atoms with Gasteiger partial charge in [-0.15, -0.1) is 6.58 Å². The van der Waals surface area contributed by atoms with Crippen molar-refractivity contribution in [3.8, 4) is 0 Å². The van der Waals surface area contributed by atoms with Gasteiger partial charge >= 0.3 is 0 Å². The zero-order valence-corrected chi connectivity index (χ0v) is 14.6. The van der Waals surface area contributed by atoms with Crippen LogP contribution in [0.1, 0.15) is 18.9 Å². The fraction of sp³-hybridized carbons (Fsp3) is 0.450. The van der Waals surface area contributed by atoms with Gasteiger partial charge in [0.05, 0.1) is 6.61 Å². The number of carbonyl (C=O) groups excluding carboxylic acids is 1. The first-order valence-electron chi connectivity index (χ1n) is 8.66. The van der Waals surface area contributed by atoms with Crippen LogP contribution < -0.4 is 0 Å². The maximum atomic E-state index is 12.3. The van der Waals surface area contributed by atoms with Crippen molar-refractivity contribution in [3.05, 3.63) is 54.6 Å². The Hall–Kier alpha value is -1.91. The van der Waals surface area contributed by atoms with Crippen molar-refractivity contribution in [1.82, 2.24) is 9.80 Å². The molecule has 1 saturated heterocycles. The lowest BCUT2D eigenvalue weighted by Gasteiger charge is -2.35. The summed E-state index contributed by atoms with van der Waals surface area (Å²) in [4.78, 5) is 16.6. The Morgan fingerprint density at radius 2 is 1.96 bits per heavy atom. The molecule has 130 valence electrons. The van der Waals surface area contributed by atoms with Crippen LogP contribution in [0.15, 0.2) is 49.1 Å². The number of ether oxygens (including phenoxy) is 1. The van der Waals surface area contributed by atoms with Gasteiger partial charge in [0.25, 0.3) is 5.91 Å². The molecule has 1 aromatic rings. The van der Waals surface area contributed by atoms with E-state index >= 15 is 0 Å². The lowest BCUT2D eigenvalue weighted by molar-refractivity contribution is -0.144. The van der Waals surface area contributed by atoms with E-state index in [1.807, 2.05) is 30.0 Å². The molecule has 0 radical (unpaired) electrons. The predicted molar refractivity (Wildman–Crippen MR) is 98.7 cm³/mol. The molecule has 1 fully saturated rings. The number of rotatable bonds is 8. The molecule has 2 rings (SSSR count). The van der Waals surface area contributed by atoms with Gasteiger partial charge in [-0.2, -0.15) is 0 Å². The van der Waals surface area contributed by atoms with Crippen molar-refractivity contribution < 1.29 is 9.53 Å². The molecular weight excluding hydrogens is 300 g/mol. The smallest absolute Gasteiger partial charge is 0.251 e. The summed E-state index contributed by atoms with van der Waals surface area (Å²) in [7, 11) is 0. The molecule has 4 heteroatoms. The Kier molecular flexibility index (Phi) is 7.72. The van der Waals surface area contributed by atoms with Crippen molar-refractivity contribution in [2.75, 3.05) is 39.3 Å². The highest BCUT2D eigenvalue weighted by Crippen LogP contribution is 2.07. The number of benzene rings is 1. The first-order valence-corrected chi connectivity index (χ1v) is 8.66. The molecule has 1 heterocycles. The largest absolute Gasteiger partial charge is 0.368 e. The monoisotopic (exact) mass is 328 g/mol. The number of piperazine rings is 1. The molecule has 0 N–H and O–H groups in total. The van der Waals surface area contributed by atoms with Gasteiger partial charge in [0.1, 0.15) is 6.10 Å². The van der Waals surface area contributed by atoms with E-state index in [0.717, 1.165) is 39.1 Å². The van der Waals surface area contributed by atoms with Crippen LogP contribution in [0.4, 0.5) is 0 Å². The van der Waals surface area contributed by atoms with Crippen LogP contribution >= 0.6 is 0 Å². The van der Waals surface area contributed by atoms with Gasteiger partial charge in [-0.3, -0.25) is 9.69 Å². The Morgan fingerprint density at radius 1 is 1.25 bits per heavy atom. The fourth-order valence-electron chi connectivity index (χ4n) is 2.71. The maximum absolute atomic E-state index is 12.3. The predicted octanol–water partition coefficient (Wildman–Crippen LogP) is 2.83. The van der Waals surface area contributed by atoms with Gasteiger partial charge in [0, 0.05) is 32.7 Å². The first-order chi connectivity index (χ1) is 11.7. The molecule has 24 heavy (non-hydrogen) atoms. The van der Waals surface area contributed by atoms with Crippen molar-refractivity contribution in [3.63, 3.8) is 0 Å².